The Kier molecular flexibility index (Phi) is 7.31. The van der Waals surface area contributed by atoms with E-state index in [1.54, 1.807) is 0 Å². The number of carbonyl (C=O) groups is 1. The molecule has 0 saturated heterocycles. The van der Waals surface area contributed by atoms with E-state index in [2.05, 4.69) is 28.7 Å². The molecule has 0 aliphatic rings. The molecule has 166 valence electrons. The lowest BCUT2D eigenvalue weighted by molar-refractivity contribution is -0.113. The summed E-state index contributed by atoms with van der Waals surface area (Å²) in [6.45, 7) is 5.06. The van der Waals surface area contributed by atoms with Crippen molar-refractivity contribution in [3.63, 3.8) is 0 Å². The number of amides is 1. The average molecular weight is 481 g/mol. The Hall–Kier alpha value is -2.07. The lowest BCUT2D eigenvalue weighted by Crippen LogP contribution is -2.22. The normalized spacial score (nSPS) is 12.1. The van der Waals surface area contributed by atoms with Gasteiger partial charge in [0.1, 0.15) is 0 Å². The molecule has 3 aromatic rings. The number of nitrogens with one attached hydrogen (secondary N) is 1. The highest BCUT2D eigenvalue weighted by molar-refractivity contribution is 7.99. The van der Waals surface area contributed by atoms with Crippen molar-refractivity contribution in [1.29, 1.82) is 0 Å². The van der Waals surface area contributed by atoms with Crippen molar-refractivity contribution >= 4 is 56.0 Å². The molecule has 0 spiro atoms. The third-order valence-corrected chi connectivity index (χ3v) is 7.61. The minimum atomic E-state index is -3.63. The quantitative estimate of drug-likeness (QED) is 0.485. The van der Waals surface area contributed by atoms with Crippen LogP contribution in [0.25, 0.3) is 11.0 Å². The number of sulfonamides is 1. The minimum Gasteiger partial charge on any atom is -0.324 e. The molecule has 7 nitrogen and oxygen atoms in total. The first-order valence-corrected chi connectivity index (χ1v) is 12.5. The smallest absolute Gasteiger partial charge is 0.242 e. The van der Waals surface area contributed by atoms with Gasteiger partial charge in [0.15, 0.2) is 5.16 Å². The Bertz CT molecular complexity index is 1210. The van der Waals surface area contributed by atoms with Crippen molar-refractivity contribution < 1.29 is 13.2 Å². The second-order valence-electron chi connectivity index (χ2n) is 7.65. The van der Waals surface area contributed by atoms with Crippen LogP contribution in [0.5, 0.6) is 0 Å². The second-order valence-corrected chi connectivity index (χ2v) is 11.2. The summed E-state index contributed by atoms with van der Waals surface area (Å²) in [6, 6.07) is 12.1. The number of para-hydroxylation sites is 2. The van der Waals surface area contributed by atoms with Gasteiger partial charge in [-0.15, -0.1) is 0 Å². The summed E-state index contributed by atoms with van der Waals surface area (Å²) in [4.78, 5) is 17.3. The number of rotatable bonds is 8. The maximum absolute atomic E-state index is 12.6. The number of carbonyl (C=O) groups excluding carboxylic acids is 1. The van der Waals surface area contributed by atoms with Crippen LogP contribution in [0.15, 0.2) is 52.5 Å². The molecule has 0 atom stereocenters. The predicted octanol–water partition coefficient (Wildman–Crippen LogP) is 4.33. The van der Waals surface area contributed by atoms with E-state index in [9.17, 15) is 13.2 Å². The van der Waals surface area contributed by atoms with E-state index in [0.717, 1.165) is 27.0 Å². The summed E-state index contributed by atoms with van der Waals surface area (Å²) in [7, 11) is -0.741. The first-order valence-electron chi connectivity index (χ1n) is 9.69. The van der Waals surface area contributed by atoms with Crippen molar-refractivity contribution in [2.75, 3.05) is 25.2 Å². The SMILES string of the molecule is CC(C)Cn1c(SCC(=O)Nc2cc(S(=O)(=O)N(C)C)ccc2Cl)nc2ccccc21. The molecule has 1 heterocycles. The number of hydrogen-bond donors (Lipinski definition) is 1. The van der Waals surface area contributed by atoms with Gasteiger partial charge in [-0.3, -0.25) is 4.79 Å². The van der Waals surface area contributed by atoms with Crippen LogP contribution >= 0.6 is 23.4 Å². The maximum Gasteiger partial charge on any atom is 0.242 e. The summed E-state index contributed by atoms with van der Waals surface area (Å²) in [5, 5.41) is 3.74. The lowest BCUT2D eigenvalue weighted by atomic mass is 10.2. The molecule has 2 aromatic carbocycles. The van der Waals surface area contributed by atoms with Gasteiger partial charge < -0.3 is 9.88 Å². The molecule has 1 aromatic heterocycles. The number of thioether (sulfide) groups is 1. The van der Waals surface area contributed by atoms with Crippen molar-refractivity contribution in [2.24, 2.45) is 5.92 Å². The molecule has 10 heteroatoms. The van der Waals surface area contributed by atoms with Crippen molar-refractivity contribution in [3.8, 4) is 0 Å². The highest BCUT2D eigenvalue weighted by Crippen LogP contribution is 2.28. The van der Waals surface area contributed by atoms with Gasteiger partial charge >= 0.3 is 0 Å². The van der Waals surface area contributed by atoms with Crippen LogP contribution in [-0.4, -0.2) is 48.0 Å². The van der Waals surface area contributed by atoms with Crippen LogP contribution < -0.4 is 5.32 Å². The Morgan fingerprint density at radius 3 is 2.61 bits per heavy atom. The highest BCUT2D eigenvalue weighted by Gasteiger charge is 2.20. The third-order valence-electron chi connectivity index (χ3n) is 4.49. The van der Waals surface area contributed by atoms with Gasteiger partial charge in [-0.2, -0.15) is 0 Å². The number of halogens is 1. The van der Waals surface area contributed by atoms with E-state index >= 15 is 0 Å². The number of benzene rings is 2. The maximum atomic E-state index is 12.6. The van der Waals surface area contributed by atoms with Crippen LogP contribution in [0.2, 0.25) is 5.02 Å². The average Bonchev–Trinajstić information content (AvgIpc) is 3.05. The fourth-order valence-electron chi connectivity index (χ4n) is 2.99. The summed E-state index contributed by atoms with van der Waals surface area (Å²) in [6.07, 6.45) is 0. The third kappa shape index (κ3) is 5.41. The second kappa shape index (κ2) is 9.60. The molecule has 0 aliphatic heterocycles. The topological polar surface area (TPSA) is 84.3 Å². The molecule has 3 rings (SSSR count). The molecular formula is C21H25ClN4O3S2. The van der Waals surface area contributed by atoms with Gasteiger partial charge in [-0.1, -0.05) is 49.3 Å². The summed E-state index contributed by atoms with van der Waals surface area (Å²) < 4.78 is 27.9. The number of imidazole rings is 1. The fraction of sp³-hybridized carbons (Fsp3) is 0.333. The molecule has 0 unspecified atom stereocenters. The van der Waals surface area contributed by atoms with Crippen molar-refractivity contribution in [2.45, 2.75) is 30.4 Å². The van der Waals surface area contributed by atoms with E-state index < -0.39 is 10.0 Å². The van der Waals surface area contributed by atoms with Gasteiger partial charge in [0.05, 0.1) is 32.4 Å². The molecule has 0 aliphatic carbocycles. The Morgan fingerprint density at radius 2 is 1.94 bits per heavy atom. The molecule has 0 bridgehead atoms. The number of fused-ring (bicyclic) bond motifs is 1. The van der Waals surface area contributed by atoms with Crippen LogP contribution in [-0.2, 0) is 21.4 Å². The number of anilines is 1. The van der Waals surface area contributed by atoms with Crippen LogP contribution in [0.3, 0.4) is 0 Å². The van der Waals surface area contributed by atoms with Gasteiger partial charge in [0.25, 0.3) is 0 Å². The van der Waals surface area contributed by atoms with Crippen molar-refractivity contribution in [3.05, 3.63) is 47.5 Å². The van der Waals surface area contributed by atoms with Gasteiger partial charge in [-0.25, -0.2) is 17.7 Å². The first kappa shape index (κ1) is 23.6. The monoisotopic (exact) mass is 480 g/mol. The number of aromatic nitrogens is 2. The van der Waals surface area contributed by atoms with E-state index in [0.29, 0.717) is 5.92 Å². The van der Waals surface area contributed by atoms with E-state index in [1.807, 2.05) is 24.3 Å². The molecule has 0 radical (unpaired) electrons. The molecule has 0 saturated carbocycles. The van der Waals surface area contributed by atoms with Crippen LogP contribution in [0.1, 0.15) is 13.8 Å². The lowest BCUT2D eigenvalue weighted by Gasteiger charge is -2.14. The largest absolute Gasteiger partial charge is 0.324 e. The molecule has 1 amide bonds. The molecule has 31 heavy (non-hydrogen) atoms. The van der Waals surface area contributed by atoms with Gasteiger partial charge in [0.2, 0.25) is 15.9 Å². The van der Waals surface area contributed by atoms with Gasteiger partial charge in [0, 0.05) is 20.6 Å². The fourth-order valence-corrected chi connectivity index (χ4v) is 4.91. The molecular weight excluding hydrogens is 456 g/mol. The van der Waals surface area contributed by atoms with Gasteiger partial charge in [-0.05, 0) is 36.2 Å². The summed E-state index contributed by atoms with van der Waals surface area (Å²) in [5.74, 6) is 0.239. The summed E-state index contributed by atoms with van der Waals surface area (Å²) >= 11 is 7.51. The number of hydrogen-bond acceptors (Lipinski definition) is 5. The highest BCUT2D eigenvalue weighted by atomic mass is 35.5. The van der Waals surface area contributed by atoms with Crippen LogP contribution in [0, 0.1) is 5.92 Å². The Balaban J connectivity index is 1.77. The number of nitrogens with zero attached hydrogens (tertiary/aromatic N) is 3. The zero-order valence-corrected chi connectivity index (χ0v) is 20.2. The predicted molar refractivity (Wildman–Crippen MR) is 126 cm³/mol. The minimum absolute atomic E-state index is 0.0589. The van der Waals surface area contributed by atoms with E-state index in [-0.39, 0.29) is 27.3 Å². The molecule has 0 fully saturated rings. The molecule has 1 N–H and O–H groups in total. The Morgan fingerprint density at radius 1 is 1.23 bits per heavy atom. The van der Waals surface area contributed by atoms with E-state index in [4.69, 9.17) is 11.6 Å². The van der Waals surface area contributed by atoms with E-state index in [1.165, 1.54) is 44.1 Å². The van der Waals surface area contributed by atoms with Crippen molar-refractivity contribution in [1.82, 2.24) is 13.9 Å². The zero-order valence-electron chi connectivity index (χ0n) is 17.8. The zero-order chi connectivity index (χ0) is 22.8. The summed E-state index contributed by atoms with van der Waals surface area (Å²) in [5.41, 5.74) is 2.17. The Labute approximate surface area is 191 Å². The standard InChI is InChI=1S/C21H25ClN4O3S2/c1-14(2)12-26-19-8-6-5-7-17(19)24-21(26)30-13-20(27)23-18-11-15(9-10-16(18)22)31(28,29)25(3)4/h5-11,14H,12-13H2,1-4H3,(H,23,27). The van der Waals surface area contributed by atoms with Crippen LogP contribution in [0.4, 0.5) is 5.69 Å². The first-order chi connectivity index (χ1) is 14.6.